The van der Waals surface area contributed by atoms with Crippen molar-refractivity contribution >= 4 is 22.0 Å². The molecule has 5 heteroatoms. The van der Waals surface area contributed by atoms with Gasteiger partial charge in [-0.25, -0.2) is 4.98 Å². The fraction of sp³-hybridized carbons (Fsp3) is 0.0455. The number of fused-ring (bicyclic) bond motifs is 2. The molecule has 0 aliphatic carbocycles. The fourth-order valence-corrected chi connectivity index (χ4v) is 3.36. The number of hydrogen-bond acceptors (Lipinski definition) is 4. The molecule has 0 aliphatic rings. The summed E-state index contributed by atoms with van der Waals surface area (Å²) in [6.45, 7) is 0.476. The molecule has 0 saturated carbocycles. The van der Waals surface area contributed by atoms with E-state index in [2.05, 4.69) is 28.2 Å². The maximum absolute atomic E-state index is 12.4. The molecule has 5 rings (SSSR count). The molecule has 0 unspecified atom stereocenters. The summed E-state index contributed by atoms with van der Waals surface area (Å²) in [6, 6.07) is 18.1. The molecule has 27 heavy (non-hydrogen) atoms. The van der Waals surface area contributed by atoms with Gasteiger partial charge in [0.05, 0.1) is 30.7 Å². The van der Waals surface area contributed by atoms with Gasteiger partial charge in [-0.05, 0) is 47.0 Å². The Balaban J connectivity index is 1.57. The summed E-state index contributed by atoms with van der Waals surface area (Å²) in [4.78, 5) is 20.6. The predicted octanol–water partition coefficient (Wildman–Crippen LogP) is 4.25. The second-order valence-corrected chi connectivity index (χ2v) is 6.42. The molecule has 0 bridgehead atoms. The summed E-state index contributed by atoms with van der Waals surface area (Å²) < 4.78 is 7.14. The van der Waals surface area contributed by atoms with Crippen molar-refractivity contribution in [2.24, 2.45) is 0 Å². The Morgan fingerprint density at radius 1 is 0.963 bits per heavy atom. The predicted molar refractivity (Wildman–Crippen MR) is 105 cm³/mol. The van der Waals surface area contributed by atoms with Crippen LogP contribution in [-0.2, 0) is 6.54 Å². The zero-order valence-corrected chi connectivity index (χ0v) is 14.4. The first-order valence-electron chi connectivity index (χ1n) is 8.64. The van der Waals surface area contributed by atoms with Gasteiger partial charge >= 0.3 is 0 Å². The zero-order chi connectivity index (χ0) is 18.2. The van der Waals surface area contributed by atoms with Crippen LogP contribution < -0.4 is 5.56 Å². The molecule has 3 aromatic heterocycles. The molecule has 0 fully saturated rings. The first kappa shape index (κ1) is 15.5. The standard InChI is InChI=1S/C22H15N3O2/c26-22-13-24-19-12-23-8-6-20(19)25(22)14-15-2-1-3-16(10-15)17-4-5-21-18(11-17)7-9-27-21/h1-13H,14H2. The topological polar surface area (TPSA) is 60.9 Å². The maximum atomic E-state index is 12.4. The van der Waals surface area contributed by atoms with E-state index in [1.54, 1.807) is 23.2 Å². The summed E-state index contributed by atoms with van der Waals surface area (Å²) in [7, 11) is 0. The second-order valence-electron chi connectivity index (χ2n) is 6.42. The number of rotatable bonds is 3. The van der Waals surface area contributed by atoms with Gasteiger partial charge in [0.15, 0.2) is 0 Å². The van der Waals surface area contributed by atoms with Crippen molar-refractivity contribution in [2.45, 2.75) is 6.54 Å². The SMILES string of the molecule is O=c1cnc2cnccc2n1Cc1cccc(-c2ccc3occc3c2)c1. The van der Waals surface area contributed by atoms with Crippen molar-refractivity contribution in [3.8, 4) is 11.1 Å². The Labute approximate surface area is 154 Å². The van der Waals surface area contributed by atoms with Crippen LogP contribution in [0.25, 0.3) is 33.1 Å². The Kier molecular flexibility index (Phi) is 3.57. The molecule has 0 amide bonds. The smallest absolute Gasteiger partial charge is 0.269 e. The molecule has 0 spiro atoms. The van der Waals surface area contributed by atoms with E-state index in [1.807, 2.05) is 36.4 Å². The van der Waals surface area contributed by atoms with Gasteiger partial charge in [0, 0.05) is 11.6 Å². The van der Waals surface area contributed by atoms with Gasteiger partial charge in [-0.1, -0.05) is 24.3 Å². The number of benzene rings is 2. The van der Waals surface area contributed by atoms with Crippen LogP contribution in [0.2, 0.25) is 0 Å². The highest BCUT2D eigenvalue weighted by atomic mass is 16.3. The van der Waals surface area contributed by atoms with Gasteiger partial charge in [0.2, 0.25) is 0 Å². The van der Waals surface area contributed by atoms with Crippen molar-refractivity contribution in [3.05, 3.63) is 95.4 Å². The third-order valence-electron chi connectivity index (χ3n) is 4.70. The minimum Gasteiger partial charge on any atom is -0.464 e. The lowest BCUT2D eigenvalue weighted by Crippen LogP contribution is -2.21. The normalized spacial score (nSPS) is 11.3. The van der Waals surface area contributed by atoms with E-state index in [9.17, 15) is 4.79 Å². The summed E-state index contributed by atoms with van der Waals surface area (Å²) >= 11 is 0. The Morgan fingerprint density at radius 2 is 1.89 bits per heavy atom. The van der Waals surface area contributed by atoms with E-state index in [0.717, 1.165) is 33.2 Å². The molecule has 0 N–H and O–H groups in total. The number of nitrogens with zero attached hydrogens (tertiary/aromatic N) is 3. The van der Waals surface area contributed by atoms with Crippen LogP contribution in [0.5, 0.6) is 0 Å². The molecule has 3 heterocycles. The van der Waals surface area contributed by atoms with Crippen molar-refractivity contribution in [2.75, 3.05) is 0 Å². The van der Waals surface area contributed by atoms with Crippen LogP contribution in [0.4, 0.5) is 0 Å². The Bertz CT molecular complexity index is 1330. The maximum Gasteiger partial charge on any atom is 0.269 e. The fourth-order valence-electron chi connectivity index (χ4n) is 3.36. The molecule has 5 aromatic rings. The molecular weight excluding hydrogens is 338 g/mol. The monoisotopic (exact) mass is 353 g/mol. The lowest BCUT2D eigenvalue weighted by molar-refractivity contribution is 0.616. The van der Waals surface area contributed by atoms with E-state index >= 15 is 0 Å². The first-order chi connectivity index (χ1) is 13.3. The second kappa shape index (κ2) is 6.21. The number of pyridine rings is 1. The van der Waals surface area contributed by atoms with Gasteiger partial charge in [-0.15, -0.1) is 0 Å². The van der Waals surface area contributed by atoms with Crippen LogP contribution in [0.3, 0.4) is 0 Å². The van der Waals surface area contributed by atoms with Crippen LogP contribution in [-0.4, -0.2) is 14.5 Å². The van der Waals surface area contributed by atoms with Crippen molar-refractivity contribution in [1.82, 2.24) is 14.5 Å². The molecule has 2 aromatic carbocycles. The lowest BCUT2D eigenvalue weighted by atomic mass is 10.0. The average molecular weight is 353 g/mol. The Hall–Kier alpha value is -3.73. The minimum absolute atomic E-state index is 0.126. The van der Waals surface area contributed by atoms with Crippen LogP contribution in [0.15, 0.2) is 88.7 Å². The van der Waals surface area contributed by atoms with Crippen LogP contribution >= 0.6 is 0 Å². The Morgan fingerprint density at radius 3 is 2.85 bits per heavy atom. The third kappa shape index (κ3) is 2.79. The van der Waals surface area contributed by atoms with E-state index in [4.69, 9.17) is 4.42 Å². The van der Waals surface area contributed by atoms with Gasteiger partial charge < -0.3 is 8.98 Å². The van der Waals surface area contributed by atoms with Crippen LogP contribution in [0.1, 0.15) is 5.56 Å². The quantitative estimate of drug-likeness (QED) is 0.486. The van der Waals surface area contributed by atoms with E-state index in [1.165, 1.54) is 6.20 Å². The molecule has 0 aliphatic heterocycles. The largest absolute Gasteiger partial charge is 0.464 e. The molecule has 0 saturated heterocycles. The number of furan rings is 1. The summed E-state index contributed by atoms with van der Waals surface area (Å²) in [6.07, 6.45) is 6.39. The highest BCUT2D eigenvalue weighted by Gasteiger charge is 2.07. The van der Waals surface area contributed by atoms with Gasteiger partial charge in [0.25, 0.3) is 5.56 Å². The van der Waals surface area contributed by atoms with Crippen molar-refractivity contribution in [3.63, 3.8) is 0 Å². The van der Waals surface area contributed by atoms with Crippen molar-refractivity contribution < 1.29 is 4.42 Å². The molecule has 0 atom stereocenters. The number of hydrogen-bond donors (Lipinski definition) is 0. The average Bonchev–Trinajstić information content (AvgIpc) is 3.18. The minimum atomic E-state index is -0.126. The molecule has 5 nitrogen and oxygen atoms in total. The molecular formula is C22H15N3O2. The lowest BCUT2D eigenvalue weighted by Gasteiger charge is -2.11. The first-order valence-corrected chi connectivity index (χ1v) is 8.64. The highest BCUT2D eigenvalue weighted by molar-refractivity contribution is 5.83. The summed E-state index contributed by atoms with van der Waals surface area (Å²) in [5.41, 5.74) is 5.50. The highest BCUT2D eigenvalue weighted by Crippen LogP contribution is 2.26. The third-order valence-corrected chi connectivity index (χ3v) is 4.70. The van der Waals surface area contributed by atoms with E-state index in [-0.39, 0.29) is 5.56 Å². The zero-order valence-electron chi connectivity index (χ0n) is 14.4. The van der Waals surface area contributed by atoms with Crippen LogP contribution in [0, 0.1) is 0 Å². The van der Waals surface area contributed by atoms with Gasteiger partial charge in [0.1, 0.15) is 11.1 Å². The van der Waals surface area contributed by atoms with Gasteiger partial charge in [-0.2, -0.15) is 0 Å². The number of aromatic nitrogens is 3. The van der Waals surface area contributed by atoms with E-state index < -0.39 is 0 Å². The summed E-state index contributed by atoms with van der Waals surface area (Å²) in [5.74, 6) is 0. The van der Waals surface area contributed by atoms with Crippen molar-refractivity contribution in [1.29, 1.82) is 0 Å². The van der Waals surface area contributed by atoms with Gasteiger partial charge in [-0.3, -0.25) is 9.78 Å². The summed E-state index contributed by atoms with van der Waals surface area (Å²) in [5, 5.41) is 1.07. The van der Waals surface area contributed by atoms with E-state index in [0.29, 0.717) is 12.1 Å². The molecule has 0 radical (unpaired) electrons. The molecule has 130 valence electrons.